The summed E-state index contributed by atoms with van der Waals surface area (Å²) >= 11 is 0. The number of aliphatic imine (C=N–C) groups is 1. The molecule has 1 aromatic rings. The molecule has 1 fully saturated rings. The summed E-state index contributed by atoms with van der Waals surface area (Å²) in [6.07, 6.45) is 4.53. The van der Waals surface area contributed by atoms with Crippen LogP contribution in [0.4, 0.5) is 8.78 Å². The van der Waals surface area contributed by atoms with Crippen LogP contribution in [0.3, 0.4) is 0 Å². The monoisotopic (exact) mass is 290 g/mol. The fourth-order valence-corrected chi connectivity index (χ4v) is 3.06. The van der Waals surface area contributed by atoms with Gasteiger partial charge in [-0.25, -0.2) is 18.4 Å². The summed E-state index contributed by atoms with van der Waals surface area (Å²) < 4.78 is 29.7. The maximum Gasteiger partial charge on any atom is 0.177 e. The fraction of sp³-hybridized carbons (Fsp3) is 0.533. The Morgan fingerprint density at radius 1 is 1.33 bits per heavy atom. The normalized spacial score (nSPS) is 34.2. The van der Waals surface area contributed by atoms with Gasteiger partial charge in [-0.15, -0.1) is 0 Å². The lowest BCUT2D eigenvalue weighted by atomic mass is 9.99. The van der Waals surface area contributed by atoms with Gasteiger partial charge in [-0.2, -0.15) is 5.10 Å². The highest BCUT2D eigenvalue weighted by Crippen LogP contribution is 2.43. The van der Waals surface area contributed by atoms with Crippen LogP contribution in [0.5, 0.6) is 0 Å². The smallest absolute Gasteiger partial charge is 0.177 e. The maximum absolute atomic E-state index is 14.2. The second-order valence-corrected chi connectivity index (χ2v) is 5.93. The molecule has 4 atom stereocenters. The van der Waals surface area contributed by atoms with Crippen LogP contribution in [-0.2, 0) is 0 Å². The van der Waals surface area contributed by atoms with Crippen LogP contribution in [0.25, 0.3) is 5.57 Å². The largest absolute Gasteiger partial charge is 0.284 e. The standard InChI is InChI=1S/C15H16F2N4/c1-8(9-4-5-9)14-19-15-11(17)7-12(21(15)20-14)13-10(16)3-2-6-18-13/h2-3,6,9-13H,1,4-5,7H2. The van der Waals surface area contributed by atoms with Crippen molar-refractivity contribution >= 4 is 11.8 Å². The first-order chi connectivity index (χ1) is 10.1. The van der Waals surface area contributed by atoms with Crippen LogP contribution in [0.1, 0.15) is 43.1 Å². The van der Waals surface area contributed by atoms with E-state index in [4.69, 9.17) is 0 Å². The van der Waals surface area contributed by atoms with Crippen LogP contribution in [0.15, 0.2) is 23.7 Å². The molecule has 0 saturated heterocycles. The molecule has 21 heavy (non-hydrogen) atoms. The molecule has 1 saturated carbocycles. The van der Waals surface area contributed by atoms with Gasteiger partial charge in [0.25, 0.3) is 0 Å². The highest BCUT2D eigenvalue weighted by atomic mass is 19.1. The Labute approximate surface area is 121 Å². The lowest BCUT2D eigenvalue weighted by molar-refractivity contribution is 0.243. The van der Waals surface area contributed by atoms with Crippen molar-refractivity contribution in [1.82, 2.24) is 14.8 Å². The SMILES string of the molecule is C=C(c1nc2n(n1)C(C1N=CC=CC1F)CC2F)C1CC1. The van der Waals surface area contributed by atoms with Crippen molar-refractivity contribution in [1.29, 1.82) is 0 Å². The highest BCUT2D eigenvalue weighted by Gasteiger charge is 2.42. The first-order valence-corrected chi connectivity index (χ1v) is 7.29. The zero-order valence-corrected chi connectivity index (χ0v) is 11.5. The number of dihydropyridines is 1. The molecular formula is C15H16F2N4. The number of halogens is 2. The number of nitrogens with zero attached hydrogens (tertiary/aromatic N) is 4. The summed E-state index contributed by atoms with van der Waals surface area (Å²) in [5, 5.41) is 4.39. The molecule has 0 amide bonds. The van der Waals surface area contributed by atoms with E-state index in [1.807, 2.05) is 0 Å². The number of aromatic nitrogens is 3. The zero-order chi connectivity index (χ0) is 14.6. The third-order valence-electron chi connectivity index (χ3n) is 4.42. The molecule has 4 nitrogen and oxygen atoms in total. The highest BCUT2D eigenvalue weighted by molar-refractivity contribution is 5.72. The molecule has 1 aliphatic carbocycles. The Bertz CT molecular complexity index is 644. The Morgan fingerprint density at radius 2 is 2.14 bits per heavy atom. The van der Waals surface area contributed by atoms with Crippen molar-refractivity contribution in [2.75, 3.05) is 0 Å². The number of fused-ring (bicyclic) bond motifs is 1. The van der Waals surface area contributed by atoms with E-state index in [1.54, 1.807) is 12.3 Å². The molecular weight excluding hydrogens is 274 g/mol. The molecule has 2 aliphatic heterocycles. The molecule has 0 N–H and O–H groups in total. The van der Waals surface area contributed by atoms with Crippen molar-refractivity contribution < 1.29 is 8.78 Å². The average Bonchev–Trinajstić information content (AvgIpc) is 3.15. The molecule has 0 bridgehead atoms. The number of alkyl halides is 2. The second-order valence-electron chi connectivity index (χ2n) is 5.93. The summed E-state index contributed by atoms with van der Waals surface area (Å²) in [5.41, 5.74) is 0.867. The van der Waals surface area contributed by atoms with E-state index >= 15 is 0 Å². The van der Waals surface area contributed by atoms with Crippen molar-refractivity contribution in [3.8, 4) is 0 Å². The Hall–Kier alpha value is -1.85. The third-order valence-corrected chi connectivity index (χ3v) is 4.42. The average molecular weight is 290 g/mol. The molecule has 3 heterocycles. The minimum absolute atomic E-state index is 0.182. The van der Waals surface area contributed by atoms with Crippen LogP contribution < -0.4 is 0 Å². The second kappa shape index (κ2) is 4.58. The fourth-order valence-electron chi connectivity index (χ4n) is 3.06. The van der Waals surface area contributed by atoms with E-state index < -0.39 is 24.4 Å². The molecule has 6 heteroatoms. The number of hydrogen-bond acceptors (Lipinski definition) is 3. The van der Waals surface area contributed by atoms with Gasteiger partial charge in [0.1, 0.15) is 12.2 Å². The van der Waals surface area contributed by atoms with E-state index in [1.165, 1.54) is 10.8 Å². The van der Waals surface area contributed by atoms with E-state index in [2.05, 4.69) is 21.7 Å². The summed E-state index contributed by atoms with van der Waals surface area (Å²) in [6, 6.07) is -1.04. The van der Waals surface area contributed by atoms with Crippen molar-refractivity contribution in [2.24, 2.45) is 10.9 Å². The first-order valence-electron chi connectivity index (χ1n) is 7.29. The van der Waals surface area contributed by atoms with Gasteiger partial charge in [0.05, 0.1) is 6.04 Å². The minimum atomic E-state index is -1.21. The summed E-state index contributed by atoms with van der Waals surface area (Å²) in [6.45, 7) is 4.00. The minimum Gasteiger partial charge on any atom is -0.284 e. The first kappa shape index (κ1) is 12.9. The van der Waals surface area contributed by atoms with Crippen molar-refractivity contribution in [3.63, 3.8) is 0 Å². The molecule has 0 spiro atoms. The van der Waals surface area contributed by atoms with E-state index in [0.717, 1.165) is 18.4 Å². The zero-order valence-electron chi connectivity index (χ0n) is 11.5. The number of rotatable bonds is 3. The molecule has 4 rings (SSSR count). The van der Waals surface area contributed by atoms with Crippen molar-refractivity contribution in [2.45, 2.75) is 43.7 Å². The molecule has 1 aromatic heterocycles. The summed E-state index contributed by atoms with van der Waals surface area (Å²) in [4.78, 5) is 8.45. The predicted molar refractivity (Wildman–Crippen MR) is 75.6 cm³/mol. The van der Waals surface area contributed by atoms with Gasteiger partial charge in [0.2, 0.25) is 0 Å². The maximum atomic E-state index is 14.2. The Morgan fingerprint density at radius 3 is 2.86 bits per heavy atom. The molecule has 0 radical (unpaired) electrons. The van der Waals surface area contributed by atoms with Crippen molar-refractivity contribution in [3.05, 3.63) is 30.4 Å². The quantitative estimate of drug-likeness (QED) is 0.859. The van der Waals surface area contributed by atoms with Gasteiger partial charge in [-0.1, -0.05) is 6.58 Å². The molecule has 0 aromatic carbocycles. The number of allylic oxidation sites excluding steroid dienone is 2. The van der Waals surface area contributed by atoms with Gasteiger partial charge in [-0.05, 0) is 36.5 Å². The molecule has 110 valence electrons. The van der Waals surface area contributed by atoms with Crippen LogP contribution in [-0.4, -0.2) is 33.2 Å². The molecule has 4 unspecified atom stereocenters. The number of hydrogen-bond donors (Lipinski definition) is 0. The molecule has 3 aliphatic rings. The Balaban J connectivity index is 1.66. The van der Waals surface area contributed by atoms with Gasteiger partial charge in [0, 0.05) is 12.6 Å². The lowest BCUT2D eigenvalue weighted by Gasteiger charge is -2.23. The topological polar surface area (TPSA) is 43.1 Å². The van der Waals surface area contributed by atoms with Gasteiger partial charge >= 0.3 is 0 Å². The summed E-state index contributed by atoms with van der Waals surface area (Å²) in [5.74, 6) is 1.22. The Kier molecular flexibility index (Phi) is 2.80. The van der Waals surface area contributed by atoms with Crippen LogP contribution in [0, 0.1) is 5.92 Å². The van der Waals surface area contributed by atoms with Gasteiger partial charge in [-0.3, -0.25) is 4.99 Å². The van der Waals surface area contributed by atoms with E-state index in [9.17, 15) is 8.78 Å². The van der Waals surface area contributed by atoms with Crippen LogP contribution in [0.2, 0.25) is 0 Å². The third kappa shape index (κ3) is 2.04. The van der Waals surface area contributed by atoms with Gasteiger partial charge < -0.3 is 0 Å². The predicted octanol–water partition coefficient (Wildman–Crippen LogP) is 3.00. The van der Waals surface area contributed by atoms with Crippen LogP contribution >= 0.6 is 0 Å². The van der Waals surface area contributed by atoms with Gasteiger partial charge in [0.15, 0.2) is 17.8 Å². The lowest BCUT2D eigenvalue weighted by Crippen LogP contribution is -2.30. The van der Waals surface area contributed by atoms with E-state index in [0.29, 0.717) is 11.7 Å². The van der Waals surface area contributed by atoms with E-state index in [-0.39, 0.29) is 12.2 Å². The summed E-state index contributed by atoms with van der Waals surface area (Å²) in [7, 11) is 0.